The topological polar surface area (TPSA) is 137 Å². The second kappa shape index (κ2) is 16.7. The van der Waals surface area contributed by atoms with Crippen molar-refractivity contribution < 1.29 is 33.4 Å². The van der Waals surface area contributed by atoms with E-state index in [9.17, 15) is 19.2 Å². The SMILES string of the molecule is CO[C@@H]1CC[C@@]23C[C@@H]4C[C@@H](C)[C@@](C)([C@H](OC(=O)CSC5CCN(C(=O)CNC(=O)OC(C)(C)C)CC5)C[C@](C)(CCCCCCCCN)C(=O)[C@@H]2C)C413. The molecule has 3 N–H and O–H groups in total. The average molecular weight is 762 g/mol. The number of rotatable bonds is 15. The van der Waals surface area contributed by atoms with Crippen LogP contribution in [0, 0.1) is 39.4 Å². The van der Waals surface area contributed by atoms with E-state index in [1.54, 1.807) is 37.4 Å². The molecular formula is C42H71N3O7S. The lowest BCUT2D eigenvalue weighted by Gasteiger charge is -2.70. The Hall–Kier alpha value is -1.85. The molecule has 1 saturated heterocycles. The van der Waals surface area contributed by atoms with Gasteiger partial charge in [-0.25, -0.2) is 4.79 Å². The van der Waals surface area contributed by atoms with Crippen LogP contribution in [0.5, 0.6) is 0 Å². The number of amides is 2. The van der Waals surface area contributed by atoms with Crippen molar-refractivity contribution in [1.82, 2.24) is 10.2 Å². The van der Waals surface area contributed by atoms with Gasteiger partial charge in [0.05, 0.1) is 11.9 Å². The first kappa shape index (κ1) is 42.3. The Kier molecular flexibility index (Phi) is 13.3. The van der Waals surface area contributed by atoms with Crippen LogP contribution < -0.4 is 11.1 Å². The fourth-order valence-corrected chi connectivity index (χ4v) is 13.3. The van der Waals surface area contributed by atoms with E-state index >= 15 is 0 Å². The molecule has 0 bridgehead atoms. The Morgan fingerprint density at radius 1 is 0.962 bits per heavy atom. The summed E-state index contributed by atoms with van der Waals surface area (Å²) < 4.78 is 18.4. The highest BCUT2D eigenvalue weighted by Gasteiger charge is 2.85. The Morgan fingerprint density at radius 2 is 1.62 bits per heavy atom. The minimum atomic E-state index is -0.626. The third-order valence-corrected chi connectivity index (χ3v) is 16.2. The lowest BCUT2D eigenvalue weighted by atomic mass is 9.33. The molecule has 4 aliphatic carbocycles. The number of nitrogens with one attached hydrogen (secondary N) is 1. The summed E-state index contributed by atoms with van der Waals surface area (Å²) in [7, 11) is 1.85. The second-order valence-corrected chi connectivity index (χ2v) is 20.1. The molecule has 0 aromatic heterocycles. The minimum Gasteiger partial charge on any atom is -0.461 e. The van der Waals surface area contributed by atoms with Crippen LogP contribution in [0.3, 0.4) is 0 Å². The second-order valence-electron chi connectivity index (χ2n) is 18.8. The number of thioether (sulfide) groups is 1. The van der Waals surface area contributed by atoms with Gasteiger partial charge in [0.15, 0.2) is 0 Å². The normalized spacial score (nSPS) is 36.9. The zero-order valence-corrected chi connectivity index (χ0v) is 35.0. The maximum Gasteiger partial charge on any atom is 0.408 e. The molecule has 5 rings (SSSR count). The smallest absolute Gasteiger partial charge is 0.408 e. The van der Waals surface area contributed by atoms with Crippen molar-refractivity contribution in [2.45, 2.75) is 161 Å². The van der Waals surface area contributed by atoms with Crippen molar-refractivity contribution in [3.8, 4) is 0 Å². The van der Waals surface area contributed by atoms with Gasteiger partial charge in [-0.1, -0.05) is 59.8 Å². The van der Waals surface area contributed by atoms with Crippen LogP contribution >= 0.6 is 11.8 Å². The molecule has 1 unspecified atom stereocenters. The van der Waals surface area contributed by atoms with Gasteiger partial charge in [0, 0.05) is 47.6 Å². The highest BCUT2D eigenvalue weighted by molar-refractivity contribution is 8.00. The standard InChI is InChI=1S/C42H71N3O7S/c1-28-23-30-24-41-19-15-32(50-8)42(30,41)40(28,7)33(25-39(6,36(48)29(41)2)18-13-11-9-10-12-14-20-43)51-35(47)27-53-31-16-21-45(22-17-31)34(46)26-44-37(49)52-38(3,4)5/h28-33H,9-27,43H2,1-8H3,(H,44,49)/t28-,29+,30+,32-,33-,39+,40+,41-,42?/m1/s1. The largest absolute Gasteiger partial charge is 0.461 e. The summed E-state index contributed by atoms with van der Waals surface area (Å²) in [6, 6.07) is 0. The fourth-order valence-electron chi connectivity index (χ4n) is 12.3. The van der Waals surface area contributed by atoms with Gasteiger partial charge in [-0.3, -0.25) is 14.4 Å². The van der Waals surface area contributed by atoms with Gasteiger partial charge in [-0.2, -0.15) is 0 Å². The van der Waals surface area contributed by atoms with Crippen LogP contribution in [-0.2, 0) is 28.6 Å². The Labute approximate surface area is 323 Å². The Morgan fingerprint density at radius 3 is 2.26 bits per heavy atom. The molecule has 5 aliphatic rings. The first-order valence-corrected chi connectivity index (χ1v) is 21.9. The molecular weight excluding hydrogens is 691 g/mol. The lowest BCUT2D eigenvalue weighted by molar-refractivity contribution is -0.272. The number of carbonyl (C=O) groups excluding carboxylic acids is 4. The van der Waals surface area contributed by atoms with Gasteiger partial charge >= 0.3 is 12.1 Å². The number of ketones is 1. The lowest BCUT2D eigenvalue weighted by Crippen LogP contribution is -2.72. The summed E-state index contributed by atoms with van der Waals surface area (Å²) in [6.45, 7) is 16.3. The minimum absolute atomic E-state index is 0.0453. The van der Waals surface area contributed by atoms with Crippen molar-refractivity contribution >= 4 is 35.5 Å². The molecule has 1 heterocycles. The number of nitrogens with two attached hydrogens (primary N) is 1. The Bertz CT molecular complexity index is 1330. The van der Waals surface area contributed by atoms with E-state index in [-0.39, 0.29) is 63.8 Å². The van der Waals surface area contributed by atoms with E-state index in [1.165, 1.54) is 6.42 Å². The fraction of sp³-hybridized carbons (Fsp3) is 0.905. The number of piperidine rings is 1. The summed E-state index contributed by atoms with van der Waals surface area (Å²) in [5, 5.41) is 2.80. The highest BCUT2D eigenvalue weighted by atomic mass is 32.2. The predicted molar refractivity (Wildman–Crippen MR) is 209 cm³/mol. The number of ether oxygens (including phenoxy) is 3. The van der Waals surface area contributed by atoms with Gasteiger partial charge < -0.3 is 30.2 Å². The molecule has 11 heteroatoms. The van der Waals surface area contributed by atoms with Crippen molar-refractivity contribution in [3.05, 3.63) is 0 Å². The summed E-state index contributed by atoms with van der Waals surface area (Å²) in [5.41, 5.74) is 3.92. The van der Waals surface area contributed by atoms with Gasteiger partial charge in [-0.05, 0) is 102 Å². The van der Waals surface area contributed by atoms with Crippen molar-refractivity contribution in [2.24, 2.45) is 45.1 Å². The molecule has 1 spiro atoms. The highest BCUT2D eigenvalue weighted by Crippen LogP contribution is 2.86. The Balaban J connectivity index is 1.26. The number of Topliss-reactive ketones (excluding diaryl/α,β-unsaturated/α-hetero) is 1. The van der Waals surface area contributed by atoms with E-state index in [2.05, 4.69) is 33.0 Å². The molecule has 2 amide bonds. The van der Waals surface area contributed by atoms with Crippen LogP contribution in [0.25, 0.3) is 0 Å². The van der Waals surface area contributed by atoms with Crippen LogP contribution in [0.2, 0.25) is 0 Å². The number of hydrogen-bond acceptors (Lipinski definition) is 9. The molecule has 0 radical (unpaired) electrons. The quantitative estimate of drug-likeness (QED) is 0.130. The number of nitrogens with zero attached hydrogens (tertiary/aromatic N) is 1. The van der Waals surface area contributed by atoms with Crippen molar-refractivity contribution in [2.75, 3.05) is 39.0 Å². The first-order valence-electron chi connectivity index (χ1n) is 20.8. The zero-order valence-electron chi connectivity index (χ0n) is 34.2. The van der Waals surface area contributed by atoms with E-state index in [0.29, 0.717) is 37.1 Å². The van der Waals surface area contributed by atoms with Crippen LogP contribution in [0.15, 0.2) is 0 Å². The van der Waals surface area contributed by atoms with Crippen molar-refractivity contribution in [3.63, 3.8) is 0 Å². The number of likely N-dealkylation sites (tertiary alicyclic amines) is 1. The molecule has 1 aliphatic heterocycles. The monoisotopic (exact) mass is 762 g/mol. The van der Waals surface area contributed by atoms with E-state index in [1.807, 2.05) is 7.11 Å². The predicted octanol–water partition coefficient (Wildman–Crippen LogP) is 7.30. The van der Waals surface area contributed by atoms with Gasteiger partial charge in [-0.15, -0.1) is 11.8 Å². The van der Waals surface area contributed by atoms with Crippen LogP contribution in [0.4, 0.5) is 4.79 Å². The molecule has 5 fully saturated rings. The zero-order chi connectivity index (χ0) is 38.8. The number of unbranched alkanes of at least 4 members (excludes halogenated alkanes) is 5. The van der Waals surface area contributed by atoms with E-state index in [4.69, 9.17) is 19.9 Å². The summed E-state index contributed by atoms with van der Waals surface area (Å²) >= 11 is 1.62. The number of esters is 1. The third kappa shape index (κ3) is 7.92. The van der Waals surface area contributed by atoms with Gasteiger partial charge in [0.25, 0.3) is 0 Å². The maximum absolute atomic E-state index is 14.9. The number of carbonyl (C=O) groups is 4. The van der Waals surface area contributed by atoms with Gasteiger partial charge in [0.1, 0.15) is 24.0 Å². The summed E-state index contributed by atoms with van der Waals surface area (Å²) in [4.78, 5) is 55.4. The molecule has 0 aromatic rings. The number of alkyl carbamates (subject to hydrolysis) is 1. The van der Waals surface area contributed by atoms with Crippen LogP contribution in [-0.4, -0.2) is 90.8 Å². The van der Waals surface area contributed by atoms with E-state index < -0.39 is 17.1 Å². The van der Waals surface area contributed by atoms with Crippen LogP contribution in [0.1, 0.15) is 138 Å². The first-order chi connectivity index (χ1) is 25.0. The summed E-state index contributed by atoms with van der Waals surface area (Å²) in [5.74, 6) is 1.06. The average Bonchev–Trinajstić information content (AvgIpc) is 3.47. The summed E-state index contributed by atoms with van der Waals surface area (Å²) in [6.07, 6.45) is 12.8. The van der Waals surface area contributed by atoms with Gasteiger partial charge in [0.2, 0.25) is 5.91 Å². The molecule has 302 valence electrons. The molecule has 53 heavy (non-hydrogen) atoms. The molecule has 0 aromatic carbocycles. The molecule has 10 nitrogen and oxygen atoms in total. The number of methoxy groups -OCH3 is 1. The van der Waals surface area contributed by atoms with E-state index in [0.717, 1.165) is 83.6 Å². The number of hydrogen-bond donors (Lipinski definition) is 2. The van der Waals surface area contributed by atoms with Crippen molar-refractivity contribution in [1.29, 1.82) is 0 Å². The molecule has 9 atom stereocenters. The maximum atomic E-state index is 14.9. The third-order valence-electron chi connectivity index (χ3n) is 14.9. The molecule has 4 saturated carbocycles.